The van der Waals surface area contributed by atoms with Gasteiger partial charge in [-0.05, 0) is 55.3 Å². The van der Waals surface area contributed by atoms with Crippen LogP contribution in [0.2, 0.25) is 0 Å². The molecule has 0 aliphatic heterocycles. The third-order valence-electron chi connectivity index (χ3n) is 6.26. The van der Waals surface area contributed by atoms with Gasteiger partial charge in [0.15, 0.2) is 0 Å². The molecule has 0 amide bonds. The Balaban J connectivity index is 1.95. The third-order valence-corrected chi connectivity index (χ3v) is 6.26. The second-order valence-electron chi connectivity index (χ2n) is 9.13. The van der Waals surface area contributed by atoms with Gasteiger partial charge >= 0.3 is 12.4 Å². The number of fused-ring (bicyclic) bond motifs is 1. The number of aromatic nitrogens is 3. The highest BCUT2D eigenvalue weighted by atomic mass is 19.4. The summed E-state index contributed by atoms with van der Waals surface area (Å²) in [5.74, 6) is 0.364. The minimum atomic E-state index is -6.06. The second-order valence-corrected chi connectivity index (χ2v) is 9.13. The Morgan fingerprint density at radius 1 is 0.950 bits per heavy atom. The summed E-state index contributed by atoms with van der Waals surface area (Å²) in [4.78, 5) is 22.6. The summed E-state index contributed by atoms with van der Waals surface area (Å²) < 4.78 is 87.3. The number of aryl methyl sites for hydroxylation is 2. The number of aliphatic hydroxyl groups is 2. The molecular weight excluding hydrogens is 544 g/mol. The van der Waals surface area contributed by atoms with Crippen molar-refractivity contribution in [2.45, 2.75) is 38.2 Å². The number of ether oxygens (including phenoxy) is 1. The van der Waals surface area contributed by atoms with Gasteiger partial charge in [0.05, 0.1) is 23.2 Å². The van der Waals surface area contributed by atoms with Crippen LogP contribution in [0, 0.1) is 13.8 Å². The Bertz CT molecular complexity index is 1580. The van der Waals surface area contributed by atoms with E-state index in [1.807, 2.05) is 6.92 Å². The highest BCUT2D eigenvalue weighted by Gasteiger charge is 2.71. The molecule has 0 bridgehead atoms. The maximum atomic E-state index is 13.8. The summed E-state index contributed by atoms with van der Waals surface area (Å²) in [6.45, 7) is 2.71. The predicted molar refractivity (Wildman–Crippen MR) is 132 cm³/mol. The summed E-state index contributed by atoms with van der Waals surface area (Å²) in [6, 6.07) is 9.84. The van der Waals surface area contributed by atoms with E-state index in [0.29, 0.717) is 17.8 Å². The molecule has 0 saturated carbocycles. The lowest BCUT2D eigenvalue weighted by atomic mass is 9.90. The molecule has 0 atom stereocenters. The molecule has 4 rings (SSSR count). The molecule has 4 aromatic rings. The Kier molecular flexibility index (Phi) is 7.65. The number of alkyl halides is 6. The van der Waals surface area contributed by atoms with Crippen LogP contribution in [0.3, 0.4) is 0 Å². The maximum Gasteiger partial charge on any atom is 0.430 e. The smallest absolute Gasteiger partial charge is 0.430 e. The SMILES string of the molecule is Cc1ccc(Cc2nc3ccc(OCCO)cc3c(=O)n2-c2ccc(C(O)(C(F)(F)F)C(F)(F)F)cc2C)nc1. The monoisotopic (exact) mass is 567 g/mol. The van der Waals surface area contributed by atoms with Crippen LogP contribution >= 0.6 is 0 Å². The number of hydrogen-bond donors (Lipinski definition) is 2. The van der Waals surface area contributed by atoms with Crippen molar-refractivity contribution in [2.24, 2.45) is 0 Å². The van der Waals surface area contributed by atoms with Gasteiger partial charge in [0.2, 0.25) is 0 Å². The van der Waals surface area contributed by atoms with Gasteiger partial charge in [-0.3, -0.25) is 14.3 Å². The predicted octanol–water partition coefficient (Wildman–Crippen LogP) is 4.67. The molecule has 0 saturated heterocycles. The van der Waals surface area contributed by atoms with E-state index in [2.05, 4.69) is 9.97 Å². The Labute approximate surface area is 223 Å². The van der Waals surface area contributed by atoms with E-state index in [4.69, 9.17) is 9.84 Å². The zero-order chi connectivity index (χ0) is 29.5. The lowest BCUT2D eigenvalue weighted by Crippen LogP contribution is -2.54. The molecule has 0 aliphatic carbocycles. The van der Waals surface area contributed by atoms with Gasteiger partial charge < -0.3 is 14.9 Å². The number of nitrogens with zero attached hydrogens (tertiary/aromatic N) is 3. The number of pyridine rings is 1. The molecule has 0 fully saturated rings. The van der Waals surface area contributed by atoms with Crippen LogP contribution in [0.25, 0.3) is 16.6 Å². The molecule has 13 heteroatoms. The molecule has 2 N–H and O–H groups in total. The third kappa shape index (κ3) is 5.26. The summed E-state index contributed by atoms with van der Waals surface area (Å²) >= 11 is 0. The summed E-state index contributed by atoms with van der Waals surface area (Å²) in [6.07, 6.45) is -10.5. The van der Waals surface area contributed by atoms with Crippen molar-refractivity contribution in [1.29, 1.82) is 0 Å². The summed E-state index contributed by atoms with van der Waals surface area (Å²) in [7, 11) is 0. The average molecular weight is 567 g/mol. The number of halogens is 6. The molecule has 0 aliphatic rings. The Morgan fingerprint density at radius 3 is 2.23 bits per heavy atom. The normalized spacial score (nSPS) is 12.7. The van der Waals surface area contributed by atoms with Crippen molar-refractivity contribution in [2.75, 3.05) is 13.2 Å². The first kappa shape index (κ1) is 29.0. The molecular formula is C27H23F6N3O4. The minimum absolute atomic E-state index is 0.00442. The average Bonchev–Trinajstić information content (AvgIpc) is 2.88. The summed E-state index contributed by atoms with van der Waals surface area (Å²) in [5, 5.41) is 18.9. The van der Waals surface area contributed by atoms with Crippen molar-refractivity contribution in [3.63, 3.8) is 0 Å². The van der Waals surface area contributed by atoms with Gasteiger partial charge in [0.1, 0.15) is 18.2 Å². The quantitative estimate of drug-likeness (QED) is 0.315. The largest absolute Gasteiger partial charge is 0.491 e. The lowest BCUT2D eigenvalue weighted by Gasteiger charge is -2.33. The van der Waals surface area contributed by atoms with E-state index < -0.39 is 29.1 Å². The van der Waals surface area contributed by atoms with E-state index in [9.17, 15) is 36.2 Å². The van der Waals surface area contributed by atoms with Gasteiger partial charge in [-0.1, -0.05) is 18.2 Å². The summed E-state index contributed by atoms with van der Waals surface area (Å²) in [5.41, 5.74) is -5.79. The molecule has 40 heavy (non-hydrogen) atoms. The Hall–Kier alpha value is -3.97. The van der Waals surface area contributed by atoms with Crippen LogP contribution in [-0.4, -0.2) is 50.3 Å². The lowest BCUT2D eigenvalue weighted by molar-refractivity contribution is -0.376. The molecule has 0 unspecified atom stereocenters. The van der Waals surface area contributed by atoms with Gasteiger partial charge in [-0.25, -0.2) is 4.98 Å². The second kappa shape index (κ2) is 10.5. The van der Waals surface area contributed by atoms with Crippen LogP contribution < -0.4 is 10.3 Å². The van der Waals surface area contributed by atoms with Gasteiger partial charge in [0.25, 0.3) is 11.2 Å². The fourth-order valence-electron chi connectivity index (χ4n) is 4.22. The van der Waals surface area contributed by atoms with E-state index in [1.165, 1.54) is 25.1 Å². The Morgan fingerprint density at radius 2 is 1.65 bits per heavy atom. The molecule has 2 aromatic heterocycles. The van der Waals surface area contributed by atoms with Gasteiger partial charge in [-0.15, -0.1) is 0 Å². The van der Waals surface area contributed by atoms with Crippen LogP contribution in [0.4, 0.5) is 26.3 Å². The molecule has 212 valence electrons. The van der Waals surface area contributed by atoms with Crippen molar-refractivity contribution in [3.8, 4) is 11.4 Å². The first-order valence-electron chi connectivity index (χ1n) is 11.9. The van der Waals surface area contributed by atoms with Crippen molar-refractivity contribution in [1.82, 2.24) is 14.5 Å². The van der Waals surface area contributed by atoms with E-state index in [-0.39, 0.29) is 53.4 Å². The zero-order valence-electron chi connectivity index (χ0n) is 21.1. The molecule has 2 aromatic carbocycles. The molecule has 0 spiro atoms. The number of benzene rings is 2. The maximum absolute atomic E-state index is 13.8. The number of hydrogen-bond acceptors (Lipinski definition) is 6. The van der Waals surface area contributed by atoms with Gasteiger partial charge in [-0.2, -0.15) is 26.3 Å². The van der Waals surface area contributed by atoms with Crippen LogP contribution in [-0.2, 0) is 12.0 Å². The van der Waals surface area contributed by atoms with Crippen LogP contribution in [0.15, 0.2) is 59.5 Å². The number of aliphatic hydroxyl groups excluding tert-OH is 1. The highest BCUT2D eigenvalue weighted by molar-refractivity contribution is 5.80. The zero-order valence-corrected chi connectivity index (χ0v) is 21.1. The van der Waals surface area contributed by atoms with Crippen molar-refractivity contribution >= 4 is 10.9 Å². The van der Waals surface area contributed by atoms with E-state index >= 15 is 0 Å². The first-order valence-corrected chi connectivity index (χ1v) is 11.9. The minimum Gasteiger partial charge on any atom is -0.491 e. The van der Waals surface area contributed by atoms with Crippen LogP contribution in [0.5, 0.6) is 5.75 Å². The number of rotatable bonds is 7. The molecule has 7 nitrogen and oxygen atoms in total. The van der Waals surface area contributed by atoms with Gasteiger partial charge in [0, 0.05) is 23.9 Å². The van der Waals surface area contributed by atoms with Crippen LogP contribution in [0.1, 0.15) is 28.2 Å². The van der Waals surface area contributed by atoms with E-state index in [1.54, 1.807) is 18.3 Å². The van der Waals surface area contributed by atoms with E-state index in [0.717, 1.165) is 16.2 Å². The first-order chi connectivity index (χ1) is 18.7. The van der Waals surface area contributed by atoms with Crippen molar-refractivity contribution in [3.05, 3.63) is 93.3 Å². The fraction of sp³-hybridized carbons (Fsp3) is 0.296. The topological polar surface area (TPSA) is 97.5 Å². The van der Waals surface area contributed by atoms with Crippen molar-refractivity contribution < 1.29 is 41.3 Å². The molecule has 0 radical (unpaired) electrons. The molecule has 2 heterocycles. The highest BCUT2D eigenvalue weighted by Crippen LogP contribution is 2.50. The standard InChI is InChI=1S/C27H23F6N3O4/c1-15-3-5-18(34-14-15)12-23-35-21-7-6-19(40-10-9-37)13-20(21)24(38)36(23)22-8-4-17(11-16(22)2)25(39,26(28,29)30)27(31,32)33/h3-8,11,13-14,37,39H,9-10,12H2,1-2H3. The fourth-order valence-corrected chi connectivity index (χ4v) is 4.22.